The van der Waals surface area contributed by atoms with Crippen molar-refractivity contribution in [3.63, 3.8) is 0 Å². The number of anilines is 1. The number of rotatable bonds is 6. The predicted octanol–water partition coefficient (Wildman–Crippen LogP) is 4.35. The molecule has 0 saturated carbocycles. The van der Waals surface area contributed by atoms with Gasteiger partial charge in [0.2, 0.25) is 5.70 Å². The third-order valence-corrected chi connectivity index (χ3v) is 4.36. The molecule has 8 heteroatoms. The second kappa shape index (κ2) is 9.45. The van der Waals surface area contributed by atoms with Crippen molar-refractivity contribution < 1.29 is 23.2 Å². The lowest BCUT2D eigenvalue weighted by atomic mass is 10.1. The van der Waals surface area contributed by atoms with Crippen LogP contribution >= 0.6 is 23.8 Å². The minimum absolute atomic E-state index is 0.0214. The summed E-state index contributed by atoms with van der Waals surface area (Å²) >= 11 is 11.5. The van der Waals surface area contributed by atoms with E-state index in [1.807, 2.05) is 6.07 Å². The maximum absolute atomic E-state index is 13.2. The average Bonchev–Trinajstić information content (AvgIpc) is 2.70. The molecule has 1 heterocycles. The van der Waals surface area contributed by atoms with E-state index in [0.29, 0.717) is 16.3 Å². The summed E-state index contributed by atoms with van der Waals surface area (Å²) in [7, 11) is 0. The summed E-state index contributed by atoms with van der Waals surface area (Å²) in [6.45, 7) is -2.90. The van der Waals surface area contributed by atoms with Crippen LogP contribution in [0, 0.1) is 0 Å². The second-order valence-electron chi connectivity index (χ2n) is 5.83. The maximum Gasteiger partial charge on any atom is 0.387 e. The largest absolute Gasteiger partial charge is 0.867 e. The number of ether oxygens (including phenoxy) is 1. The summed E-state index contributed by atoms with van der Waals surface area (Å²) < 4.78 is 30.5. The van der Waals surface area contributed by atoms with Crippen molar-refractivity contribution in [1.82, 2.24) is 0 Å². The topological polar surface area (TPSA) is 48.2 Å². The number of alkyl halides is 2. The number of aromatic nitrogens is 1. The lowest BCUT2D eigenvalue weighted by Gasteiger charge is -2.17. The number of halogens is 3. The maximum atomic E-state index is 13.2. The Morgan fingerprint density at radius 3 is 2.34 bits per heavy atom. The van der Waals surface area contributed by atoms with E-state index in [-0.39, 0.29) is 22.2 Å². The minimum Gasteiger partial charge on any atom is -0.867 e. The number of nitrogens with one attached hydrogen (secondary N) is 1. The number of pyridine rings is 1. The van der Waals surface area contributed by atoms with E-state index >= 15 is 0 Å². The molecule has 3 rings (SSSR count). The molecule has 0 aliphatic heterocycles. The van der Waals surface area contributed by atoms with Crippen LogP contribution in [0.15, 0.2) is 79.1 Å². The van der Waals surface area contributed by atoms with Crippen molar-refractivity contribution in [1.29, 1.82) is 0 Å². The molecule has 0 bridgehead atoms. The molecular formula is C21H15ClF2N2O2S. The highest BCUT2D eigenvalue weighted by atomic mass is 35.5. The Hall–Kier alpha value is -3.03. The van der Waals surface area contributed by atoms with Crippen LogP contribution < -0.4 is 19.7 Å². The van der Waals surface area contributed by atoms with Gasteiger partial charge in [-0.05, 0) is 47.7 Å². The first-order valence-corrected chi connectivity index (χ1v) is 9.23. The summed E-state index contributed by atoms with van der Waals surface area (Å²) in [6.07, 6.45) is 3.40. The van der Waals surface area contributed by atoms with Crippen LogP contribution in [-0.4, -0.2) is 11.6 Å². The van der Waals surface area contributed by atoms with E-state index < -0.39 is 6.61 Å². The third kappa shape index (κ3) is 5.49. The lowest BCUT2D eigenvalue weighted by molar-refractivity contribution is -0.577. The molecule has 29 heavy (non-hydrogen) atoms. The summed E-state index contributed by atoms with van der Waals surface area (Å²) in [5.41, 5.74) is 1.12. The first-order valence-electron chi connectivity index (χ1n) is 8.44. The Kier molecular flexibility index (Phi) is 6.74. The molecule has 1 N–H and O–H groups in total. The fourth-order valence-corrected chi connectivity index (χ4v) is 3.07. The van der Waals surface area contributed by atoms with Crippen LogP contribution in [0.5, 0.6) is 5.75 Å². The predicted molar refractivity (Wildman–Crippen MR) is 110 cm³/mol. The van der Waals surface area contributed by atoms with Crippen LogP contribution in [0.2, 0.25) is 5.02 Å². The van der Waals surface area contributed by atoms with E-state index in [1.54, 1.807) is 53.4 Å². The molecule has 0 radical (unpaired) electrons. The van der Waals surface area contributed by atoms with E-state index in [9.17, 15) is 13.9 Å². The van der Waals surface area contributed by atoms with E-state index in [0.717, 1.165) is 0 Å². The molecule has 1 aromatic heterocycles. The van der Waals surface area contributed by atoms with Crippen molar-refractivity contribution in [2.24, 2.45) is 0 Å². The Morgan fingerprint density at radius 1 is 1.03 bits per heavy atom. The molecule has 3 aromatic rings. The van der Waals surface area contributed by atoms with Gasteiger partial charge in [0.25, 0.3) is 0 Å². The van der Waals surface area contributed by atoms with Gasteiger partial charge in [-0.25, -0.2) is 0 Å². The SMILES string of the molecule is [O-]/C(=C(\C(=S)Nc1ccc(OC(F)F)cc1)[n+]1ccccc1)c1cccc(Cl)c1. The van der Waals surface area contributed by atoms with E-state index in [2.05, 4.69) is 10.1 Å². The van der Waals surface area contributed by atoms with Gasteiger partial charge in [-0.3, -0.25) is 0 Å². The molecule has 0 spiro atoms. The minimum atomic E-state index is -2.90. The Labute approximate surface area is 176 Å². The van der Waals surface area contributed by atoms with Crippen molar-refractivity contribution >= 4 is 46.0 Å². The Bertz CT molecular complexity index is 1030. The molecule has 0 aliphatic rings. The van der Waals surface area contributed by atoms with Crippen molar-refractivity contribution in [3.8, 4) is 5.75 Å². The first kappa shape index (κ1) is 20.7. The van der Waals surface area contributed by atoms with Crippen LogP contribution in [0.3, 0.4) is 0 Å². The van der Waals surface area contributed by atoms with Crippen molar-refractivity contribution in [3.05, 3.63) is 89.7 Å². The second-order valence-corrected chi connectivity index (χ2v) is 6.67. The molecule has 4 nitrogen and oxygen atoms in total. The molecule has 0 unspecified atom stereocenters. The molecule has 148 valence electrons. The van der Waals surface area contributed by atoms with Gasteiger partial charge in [-0.15, -0.1) is 0 Å². The standard InChI is InChI=1S/C21H15ClF2N2O2S/c22-15-6-4-5-14(13-15)19(27)18(26-11-2-1-3-12-26)20(29)25-16-7-9-17(10-8-16)28-21(23)24/h1-13,21H,(H-,25,27,29). The Morgan fingerprint density at radius 2 is 1.72 bits per heavy atom. The number of nitrogens with zero attached hydrogens (tertiary/aromatic N) is 1. The Balaban J connectivity index is 1.94. The fourth-order valence-electron chi connectivity index (χ4n) is 2.56. The van der Waals surface area contributed by atoms with Crippen LogP contribution in [0.4, 0.5) is 14.5 Å². The number of hydrogen-bond donors (Lipinski definition) is 1. The molecule has 0 saturated heterocycles. The fraction of sp³-hybridized carbons (Fsp3) is 0.0476. The summed E-state index contributed by atoms with van der Waals surface area (Å²) in [5, 5.41) is 16.6. The van der Waals surface area contributed by atoms with E-state index in [4.69, 9.17) is 23.8 Å². The molecule has 0 amide bonds. The highest BCUT2D eigenvalue weighted by molar-refractivity contribution is 7.81. The quantitative estimate of drug-likeness (QED) is 0.272. The number of benzene rings is 2. The normalized spacial score (nSPS) is 11.7. The van der Waals surface area contributed by atoms with Gasteiger partial charge in [-0.1, -0.05) is 42.0 Å². The van der Waals surface area contributed by atoms with Gasteiger partial charge in [0, 0.05) is 22.8 Å². The zero-order valence-corrected chi connectivity index (χ0v) is 16.5. The van der Waals surface area contributed by atoms with E-state index in [1.165, 1.54) is 24.3 Å². The highest BCUT2D eigenvalue weighted by Gasteiger charge is 2.19. The van der Waals surface area contributed by atoms with Gasteiger partial charge >= 0.3 is 6.61 Å². The summed E-state index contributed by atoms with van der Waals surface area (Å²) in [5.74, 6) is -0.299. The monoisotopic (exact) mass is 432 g/mol. The van der Waals surface area contributed by atoms with Gasteiger partial charge < -0.3 is 15.2 Å². The van der Waals surface area contributed by atoms with Gasteiger partial charge in [0.1, 0.15) is 5.75 Å². The molecule has 0 atom stereocenters. The smallest absolute Gasteiger partial charge is 0.387 e. The number of hydrogen-bond acceptors (Lipinski definition) is 3. The molecule has 0 aliphatic carbocycles. The molecule has 2 aromatic carbocycles. The molecule has 0 fully saturated rings. The first-order chi connectivity index (χ1) is 13.9. The van der Waals surface area contributed by atoms with Gasteiger partial charge in [-0.2, -0.15) is 13.3 Å². The van der Waals surface area contributed by atoms with Crippen molar-refractivity contribution in [2.45, 2.75) is 6.61 Å². The van der Waals surface area contributed by atoms with Crippen LogP contribution in [0.25, 0.3) is 11.5 Å². The third-order valence-electron chi connectivity index (χ3n) is 3.83. The van der Waals surface area contributed by atoms with Crippen LogP contribution in [0.1, 0.15) is 5.56 Å². The van der Waals surface area contributed by atoms with Gasteiger partial charge in [0.15, 0.2) is 17.4 Å². The van der Waals surface area contributed by atoms with Gasteiger partial charge in [0.05, 0.1) is 0 Å². The van der Waals surface area contributed by atoms with Crippen molar-refractivity contribution in [2.75, 3.05) is 5.32 Å². The van der Waals surface area contributed by atoms with Crippen LogP contribution in [-0.2, 0) is 0 Å². The summed E-state index contributed by atoms with van der Waals surface area (Å²) in [4.78, 5) is 0.161. The number of thiocarbonyl (C=S) groups is 1. The zero-order chi connectivity index (χ0) is 20.8. The summed E-state index contributed by atoms with van der Waals surface area (Å²) in [6, 6.07) is 17.7. The molecular weight excluding hydrogens is 418 g/mol. The lowest BCUT2D eigenvalue weighted by Crippen LogP contribution is -2.39. The highest BCUT2D eigenvalue weighted by Crippen LogP contribution is 2.21. The average molecular weight is 433 g/mol. The zero-order valence-electron chi connectivity index (χ0n) is 14.9.